The van der Waals surface area contributed by atoms with E-state index in [2.05, 4.69) is 24.4 Å². The third-order valence-electron chi connectivity index (χ3n) is 2.92. The fourth-order valence-corrected chi connectivity index (χ4v) is 2.78. The maximum Gasteiger partial charge on any atom is 0.126 e. The van der Waals surface area contributed by atoms with Crippen molar-refractivity contribution in [2.75, 3.05) is 0 Å². The number of hydrogen-bond donors (Lipinski definition) is 1. The van der Waals surface area contributed by atoms with Gasteiger partial charge >= 0.3 is 0 Å². The molecule has 3 heteroatoms. The van der Waals surface area contributed by atoms with Crippen LogP contribution in [0.3, 0.4) is 0 Å². The van der Waals surface area contributed by atoms with Crippen molar-refractivity contribution < 1.29 is 4.39 Å². The van der Waals surface area contributed by atoms with Gasteiger partial charge < -0.3 is 5.32 Å². The zero-order chi connectivity index (χ0) is 13.0. The minimum absolute atomic E-state index is 0.135. The third kappa shape index (κ3) is 3.40. The Morgan fingerprint density at radius 3 is 2.56 bits per heavy atom. The molecule has 0 aliphatic rings. The molecule has 0 spiro atoms. The lowest BCUT2D eigenvalue weighted by Crippen LogP contribution is -2.11. The van der Waals surface area contributed by atoms with E-state index in [0.29, 0.717) is 5.56 Å². The molecule has 1 aromatic heterocycles. The van der Waals surface area contributed by atoms with Gasteiger partial charge in [-0.3, -0.25) is 0 Å². The molecule has 1 heterocycles. The molecule has 96 valence electrons. The Morgan fingerprint density at radius 1 is 1.11 bits per heavy atom. The van der Waals surface area contributed by atoms with Crippen molar-refractivity contribution in [3.63, 3.8) is 0 Å². The van der Waals surface area contributed by atoms with E-state index in [1.807, 2.05) is 23.5 Å². The number of aryl methyl sites for hydroxylation is 2. The van der Waals surface area contributed by atoms with Crippen LogP contribution in [-0.4, -0.2) is 0 Å². The molecule has 0 aliphatic carbocycles. The van der Waals surface area contributed by atoms with Crippen LogP contribution in [0.1, 0.15) is 27.8 Å². The van der Waals surface area contributed by atoms with Gasteiger partial charge in [-0.1, -0.05) is 19.1 Å². The zero-order valence-electron chi connectivity index (χ0n) is 10.8. The van der Waals surface area contributed by atoms with E-state index in [0.717, 1.165) is 25.1 Å². The van der Waals surface area contributed by atoms with E-state index in [9.17, 15) is 4.39 Å². The summed E-state index contributed by atoms with van der Waals surface area (Å²) >= 11 is 1.85. The molecule has 0 amide bonds. The van der Waals surface area contributed by atoms with E-state index in [-0.39, 0.29) is 5.82 Å². The Hall–Kier alpha value is -1.19. The van der Waals surface area contributed by atoms with Gasteiger partial charge in [-0.25, -0.2) is 4.39 Å². The summed E-state index contributed by atoms with van der Waals surface area (Å²) in [5.74, 6) is -0.135. The van der Waals surface area contributed by atoms with Crippen LogP contribution in [0.4, 0.5) is 4.39 Å². The van der Waals surface area contributed by atoms with Gasteiger partial charge in [-0.2, -0.15) is 0 Å². The van der Waals surface area contributed by atoms with Crippen LogP contribution < -0.4 is 5.32 Å². The molecule has 1 N–H and O–H groups in total. The highest BCUT2D eigenvalue weighted by Gasteiger charge is 2.00. The smallest absolute Gasteiger partial charge is 0.126 e. The summed E-state index contributed by atoms with van der Waals surface area (Å²) in [6.07, 6.45) is 1.10. The first-order chi connectivity index (χ1) is 8.69. The molecular weight excluding hydrogens is 245 g/mol. The van der Waals surface area contributed by atoms with Crippen LogP contribution in [0.25, 0.3) is 0 Å². The van der Waals surface area contributed by atoms with Gasteiger partial charge in [0.2, 0.25) is 0 Å². The fourth-order valence-electron chi connectivity index (χ4n) is 1.85. The minimum atomic E-state index is -0.135. The van der Waals surface area contributed by atoms with Crippen molar-refractivity contribution in [3.05, 3.63) is 57.0 Å². The number of rotatable bonds is 5. The monoisotopic (exact) mass is 263 g/mol. The second-order valence-electron chi connectivity index (χ2n) is 4.41. The van der Waals surface area contributed by atoms with E-state index in [1.165, 1.54) is 15.8 Å². The van der Waals surface area contributed by atoms with Crippen LogP contribution in [0.5, 0.6) is 0 Å². The van der Waals surface area contributed by atoms with Crippen LogP contribution >= 0.6 is 11.3 Å². The molecule has 0 saturated carbocycles. The van der Waals surface area contributed by atoms with Gasteiger partial charge in [0.05, 0.1) is 0 Å². The van der Waals surface area contributed by atoms with Crippen molar-refractivity contribution in [3.8, 4) is 0 Å². The molecule has 0 bridgehead atoms. The van der Waals surface area contributed by atoms with Gasteiger partial charge in [0.25, 0.3) is 0 Å². The van der Waals surface area contributed by atoms with Crippen LogP contribution in [0.15, 0.2) is 30.3 Å². The zero-order valence-corrected chi connectivity index (χ0v) is 11.6. The van der Waals surface area contributed by atoms with E-state index in [1.54, 1.807) is 6.92 Å². The molecule has 18 heavy (non-hydrogen) atoms. The van der Waals surface area contributed by atoms with Gasteiger partial charge in [0, 0.05) is 22.8 Å². The Bertz CT molecular complexity index is 519. The van der Waals surface area contributed by atoms with E-state index < -0.39 is 0 Å². The van der Waals surface area contributed by atoms with Crippen molar-refractivity contribution in [2.45, 2.75) is 33.4 Å². The maximum atomic E-state index is 13.1. The average Bonchev–Trinajstić information content (AvgIpc) is 2.82. The first kappa shape index (κ1) is 13.2. The van der Waals surface area contributed by atoms with Gasteiger partial charge in [0.15, 0.2) is 0 Å². The molecule has 0 fully saturated rings. The summed E-state index contributed by atoms with van der Waals surface area (Å²) < 4.78 is 13.1. The lowest BCUT2D eigenvalue weighted by Gasteiger charge is -2.05. The topological polar surface area (TPSA) is 12.0 Å². The highest BCUT2D eigenvalue weighted by Crippen LogP contribution is 2.16. The standard InChI is InChI=1S/C15H18FNS/c1-3-13-5-6-14(18-13)10-17-9-12-4-7-15(16)11(2)8-12/h4-8,17H,3,9-10H2,1-2H3. The lowest BCUT2D eigenvalue weighted by molar-refractivity contribution is 0.615. The van der Waals surface area contributed by atoms with Gasteiger partial charge in [-0.05, 0) is 42.7 Å². The summed E-state index contributed by atoms with van der Waals surface area (Å²) in [7, 11) is 0. The molecule has 2 rings (SSSR count). The summed E-state index contributed by atoms with van der Waals surface area (Å²) in [4.78, 5) is 2.77. The fraction of sp³-hybridized carbons (Fsp3) is 0.333. The van der Waals surface area contributed by atoms with Gasteiger partial charge in [0.1, 0.15) is 5.82 Å². The molecule has 0 unspecified atom stereocenters. The first-order valence-electron chi connectivity index (χ1n) is 6.22. The Balaban J connectivity index is 1.86. The van der Waals surface area contributed by atoms with Crippen molar-refractivity contribution in [2.24, 2.45) is 0 Å². The predicted octanol–water partition coefficient (Wildman–Crippen LogP) is 4.05. The molecule has 1 aromatic carbocycles. The van der Waals surface area contributed by atoms with Crippen molar-refractivity contribution >= 4 is 11.3 Å². The number of hydrogen-bond acceptors (Lipinski definition) is 2. The van der Waals surface area contributed by atoms with Crippen LogP contribution in [-0.2, 0) is 19.5 Å². The third-order valence-corrected chi connectivity index (χ3v) is 4.15. The number of nitrogens with one attached hydrogen (secondary N) is 1. The summed E-state index contributed by atoms with van der Waals surface area (Å²) in [5, 5.41) is 3.39. The minimum Gasteiger partial charge on any atom is -0.308 e. The van der Waals surface area contributed by atoms with E-state index in [4.69, 9.17) is 0 Å². The van der Waals surface area contributed by atoms with Crippen LogP contribution in [0, 0.1) is 12.7 Å². The quantitative estimate of drug-likeness (QED) is 0.858. The largest absolute Gasteiger partial charge is 0.308 e. The Labute approximate surface area is 112 Å². The molecule has 0 atom stereocenters. The Morgan fingerprint density at radius 2 is 1.89 bits per heavy atom. The summed E-state index contributed by atoms with van der Waals surface area (Å²) in [5.41, 5.74) is 1.83. The molecule has 0 saturated heterocycles. The van der Waals surface area contributed by atoms with Gasteiger partial charge in [-0.15, -0.1) is 11.3 Å². The normalized spacial score (nSPS) is 10.8. The Kier molecular flexibility index (Phi) is 4.50. The SMILES string of the molecule is CCc1ccc(CNCc2ccc(F)c(C)c2)s1. The highest BCUT2D eigenvalue weighted by atomic mass is 32.1. The van der Waals surface area contributed by atoms with Crippen molar-refractivity contribution in [1.29, 1.82) is 0 Å². The second-order valence-corrected chi connectivity index (χ2v) is 5.66. The molecule has 1 nitrogen and oxygen atoms in total. The maximum absolute atomic E-state index is 13.1. The summed E-state index contributed by atoms with van der Waals surface area (Å²) in [6, 6.07) is 9.62. The number of benzene rings is 1. The molecular formula is C15H18FNS. The van der Waals surface area contributed by atoms with Crippen molar-refractivity contribution in [1.82, 2.24) is 5.32 Å². The second kappa shape index (κ2) is 6.12. The lowest BCUT2D eigenvalue weighted by atomic mass is 10.1. The highest BCUT2D eigenvalue weighted by molar-refractivity contribution is 7.11. The number of thiophene rings is 1. The molecule has 2 aromatic rings. The van der Waals surface area contributed by atoms with E-state index >= 15 is 0 Å². The average molecular weight is 263 g/mol. The first-order valence-corrected chi connectivity index (χ1v) is 7.04. The number of halogens is 1. The summed E-state index contributed by atoms with van der Waals surface area (Å²) in [6.45, 7) is 5.62. The van der Waals surface area contributed by atoms with Crippen LogP contribution in [0.2, 0.25) is 0 Å². The predicted molar refractivity (Wildman–Crippen MR) is 75.4 cm³/mol. The molecule has 0 aliphatic heterocycles. The molecule has 0 radical (unpaired) electrons.